The molecule has 2 rings (SSSR count). The SMILES string of the molecule is CC(C)NC(=O)N1CCC(N2CCCC2=O)CC1. The molecule has 5 heteroatoms. The summed E-state index contributed by atoms with van der Waals surface area (Å²) in [6, 6.07) is 0.551. The van der Waals surface area contributed by atoms with Gasteiger partial charge in [-0.25, -0.2) is 4.79 Å². The fourth-order valence-electron chi connectivity index (χ4n) is 2.77. The van der Waals surface area contributed by atoms with Crippen molar-refractivity contribution in [3.63, 3.8) is 0 Å². The zero-order valence-electron chi connectivity index (χ0n) is 11.3. The summed E-state index contributed by atoms with van der Waals surface area (Å²) in [5, 5.41) is 2.91. The minimum absolute atomic E-state index is 0.0243. The molecule has 0 radical (unpaired) electrons. The quantitative estimate of drug-likeness (QED) is 0.803. The molecule has 102 valence electrons. The molecule has 0 unspecified atom stereocenters. The highest BCUT2D eigenvalue weighted by molar-refractivity contribution is 5.78. The van der Waals surface area contributed by atoms with Gasteiger partial charge in [-0.15, -0.1) is 0 Å². The minimum Gasteiger partial charge on any atom is -0.340 e. The fraction of sp³-hybridized carbons (Fsp3) is 0.846. The first-order chi connectivity index (χ1) is 8.58. The molecule has 0 aliphatic carbocycles. The molecule has 0 atom stereocenters. The second-order valence-corrected chi connectivity index (χ2v) is 5.51. The van der Waals surface area contributed by atoms with Crippen molar-refractivity contribution in [1.82, 2.24) is 15.1 Å². The second kappa shape index (κ2) is 5.59. The number of urea groups is 1. The first kappa shape index (κ1) is 13.2. The highest BCUT2D eigenvalue weighted by Gasteiger charge is 2.31. The predicted molar refractivity (Wildman–Crippen MR) is 69.2 cm³/mol. The molecular formula is C13H23N3O2. The molecule has 3 amide bonds. The molecule has 1 N–H and O–H groups in total. The Morgan fingerprint density at radius 1 is 1.28 bits per heavy atom. The number of piperidine rings is 1. The first-order valence-electron chi connectivity index (χ1n) is 6.93. The number of likely N-dealkylation sites (tertiary alicyclic amines) is 2. The number of amides is 3. The zero-order valence-corrected chi connectivity index (χ0v) is 11.3. The lowest BCUT2D eigenvalue weighted by molar-refractivity contribution is -0.130. The Kier molecular flexibility index (Phi) is 4.09. The molecule has 2 fully saturated rings. The van der Waals surface area contributed by atoms with Crippen LogP contribution in [0.1, 0.15) is 39.5 Å². The maximum Gasteiger partial charge on any atom is 0.317 e. The molecule has 0 aromatic heterocycles. The Bertz CT molecular complexity index is 322. The van der Waals surface area contributed by atoms with Crippen LogP contribution in [0.15, 0.2) is 0 Å². The molecule has 2 aliphatic rings. The Morgan fingerprint density at radius 2 is 1.94 bits per heavy atom. The molecule has 0 aromatic rings. The van der Waals surface area contributed by atoms with Crippen LogP contribution in [-0.2, 0) is 4.79 Å². The number of hydrogen-bond donors (Lipinski definition) is 1. The molecule has 0 saturated carbocycles. The summed E-state index contributed by atoms with van der Waals surface area (Å²) in [7, 11) is 0. The average Bonchev–Trinajstić information content (AvgIpc) is 2.75. The lowest BCUT2D eigenvalue weighted by atomic mass is 10.0. The van der Waals surface area contributed by atoms with Gasteiger partial charge in [0.1, 0.15) is 0 Å². The fourth-order valence-corrected chi connectivity index (χ4v) is 2.77. The van der Waals surface area contributed by atoms with Gasteiger partial charge in [-0.3, -0.25) is 4.79 Å². The Morgan fingerprint density at radius 3 is 2.44 bits per heavy atom. The predicted octanol–water partition coefficient (Wildman–Crippen LogP) is 1.19. The van der Waals surface area contributed by atoms with Gasteiger partial charge in [0.25, 0.3) is 0 Å². The van der Waals surface area contributed by atoms with E-state index < -0.39 is 0 Å². The van der Waals surface area contributed by atoms with Gasteiger partial charge in [-0.2, -0.15) is 0 Å². The Balaban J connectivity index is 1.81. The number of rotatable bonds is 2. The summed E-state index contributed by atoms with van der Waals surface area (Å²) in [5.74, 6) is 0.292. The van der Waals surface area contributed by atoms with Gasteiger partial charge in [0.15, 0.2) is 0 Å². The maximum absolute atomic E-state index is 11.8. The van der Waals surface area contributed by atoms with Gasteiger partial charge in [0.2, 0.25) is 5.91 Å². The average molecular weight is 253 g/mol. The Hall–Kier alpha value is -1.26. The third kappa shape index (κ3) is 2.94. The Labute approximate surface area is 108 Å². The van der Waals surface area contributed by atoms with Crippen molar-refractivity contribution in [1.29, 1.82) is 0 Å². The van der Waals surface area contributed by atoms with Crippen molar-refractivity contribution in [2.45, 2.75) is 51.6 Å². The summed E-state index contributed by atoms with van der Waals surface area (Å²) in [6.07, 6.45) is 3.52. The van der Waals surface area contributed by atoms with E-state index in [9.17, 15) is 9.59 Å². The van der Waals surface area contributed by atoms with Gasteiger partial charge < -0.3 is 15.1 Å². The number of nitrogens with one attached hydrogen (secondary N) is 1. The topological polar surface area (TPSA) is 52.7 Å². The van der Waals surface area contributed by atoms with Crippen LogP contribution in [0.3, 0.4) is 0 Å². The second-order valence-electron chi connectivity index (χ2n) is 5.51. The van der Waals surface area contributed by atoms with Crippen LogP contribution in [0, 0.1) is 0 Å². The van der Waals surface area contributed by atoms with Crippen LogP contribution >= 0.6 is 0 Å². The van der Waals surface area contributed by atoms with Crippen molar-refractivity contribution in [3.05, 3.63) is 0 Å². The molecule has 2 saturated heterocycles. The minimum atomic E-state index is 0.0243. The molecule has 2 aliphatic heterocycles. The van der Waals surface area contributed by atoms with Crippen LogP contribution in [-0.4, -0.2) is 53.5 Å². The highest BCUT2D eigenvalue weighted by Crippen LogP contribution is 2.22. The van der Waals surface area contributed by atoms with E-state index in [2.05, 4.69) is 5.32 Å². The first-order valence-corrected chi connectivity index (χ1v) is 6.93. The standard InChI is InChI=1S/C13H23N3O2/c1-10(2)14-13(18)15-8-5-11(6-9-15)16-7-3-4-12(16)17/h10-11H,3-9H2,1-2H3,(H,14,18). The lowest BCUT2D eigenvalue weighted by Crippen LogP contribution is -2.50. The van der Waals surface area contributed by atoms with E-state index in [0.717, 1.165) is 38.9 Å². The summed E-state index contributed by atoms with van der Waals surface area (Å²) in [5.41, 5.74) is 0. The van der Waals surface area contributed by atoms with Crippen molar-refractivity contribution < 1.29 is 9.59 Å². The van der Waals surface area contributed by atoms with Crippen LogP contribution in [0.25, 0.3) is 0 Å². The van der Waals surface area contributed by atoms with Gasteiger partial charge in [-0.1, -0.05) is 0 Å². The molecule has 0 aromatic carbocycles. The van der Waals surface area contributed by atoms with Gasteiger partial charge in [0, 0.05) is 38.1 Å². The van der Waals surface area contributed by atoms with Gasteiger partial charge in [0.05, 0.1) is 0 Å². The number of carbonyl (C=O) groups excluding carboxylic acids is 2. The summed E-state index contributed by atoms with van der Waals surface area (Å²) < 4.78 is 0. The van der Waals surface area contributed by atoms with E-state index in [0.29, 0.717) is 18.4 Å². The summed E-state index contributed by atoms with van der Waals surface area (Å²) in [4.78, 5) is 27.4. The zero-order chi connectivity index (χ0) is 13.1. The van der Waals surface area contributed by atoms with Crippen molar-refractivity contribution in [2.24, 2.45) is 0 Å². The van der Waals surface area contributed by atoms with Crippen LogP contribution in [0.2, 0.25) is 0 Å². The summed E-state index contributed by atoms with van der Waals surface area (Å²) >= 11 is 0. The van der Waals surface area contributed by atoms with Crippen molar-refractivity contribution in [2.75, 3.05) is 19.6 Å². The molecule has 0 spiro atoms. The van der Waals surface area contributed by atoms with E-state index in [1.54, 1.807) is 0 Å². The van der Waals surface area contributed by atoms with E-state index in [1.807, 2.05) is 23.6 Å². The molecular weight excluding hydrogens is 230 g/mol. The smallest absolute Gasteiger partial charge is 0.317 e. The lowest BCUT2D eigenvalue weighted by Gasteiger charge is -2.36. The number of carbonyl (C=O) groups is 2. The van der Waals surface area contributed by atoms with Crippen LogP contribution in [0.4, 0.5) is 4.79 Å². The van der Waals surface area contributed by atoms with E-state index in [1.165, 1.54) is 0 Å². The molecule has 5 nitrogen and oxygen atoms in total. The van der Waals surface area contributed by atoms with E-state index in [4.69, 9.17) is 0 Å². The third-order valence-electron chi connectivity index (χ3n) is 3.71. The van der Waals surface area contributed by atoms with Crippen molar-refractivity contribution >= 4 is 11.9 Å². The van der Waals surface area contributed by atoms with Crippen LogP contribution < -0.4 is 5.32 Å². The number of nitrogens with zero attached hydrogens (tertiary/aromatic N) is 2. The van der Waals surface area contributed by atoms with Crippen LogP contribution in [0.5, 0.6) is 0 Å². The maximum atomic E-state index is 11.8. The van der Waals surface area contributed by atoms with E-state index >= 15 is 0 Å². The largest absolute Gasteiger partial charge is 0.340 e. The number of hydrogen-bond acceptors (Lipinski definition) is 2. The monoisotopic (exact) mass is 253 g/mol. The highest BCUT2D eigenvalue weighted by atomic mass is 16.2. The summed E-state index contributed by atoms with van der Waals surface area (Å²) in [6.45, 7) is 6.35. The van der Waals surface area contributed by atoms with Gasteiger partial charge >= 0.3 is 6.03 Å². The van der Waals surface area contributed by atoms with Crippen molar-refractivity contribution in [3.8, 4) is 0 Å². The third-order valence-corrected chi connectivity index (χ3v) is 3.71. The van der Waals surface area contributed by atoms with E-state index in [-0.39, 0.29) is 12.1 Å². The molecule has 2 heterocycles. The molecule has 18 heavy (non-hydrogen) atoms. The normalized spacial score (nSPS) is 21.8. The van der Waals surface area contributed by atoms with Gasteiger partial charge in [-0.05, 0) is 33.1 Å². The molecule has 0 bridgehead atoms.